The van der Waals surface area contributed by atoms with Gasteiger partial charge in [-0.1, -0.05) is 68.4 Å². The number of anilines is 2. The minimum absolute atomic E-state index is 0.0290. The molecule has 4 aromatic carbocycles. The normalized spacial score (nSPS) is 18.3. The molecule has 0 saturated carbocycles. The van der Waals surface area contributed by atoms with E-state index in [1.54, 1.807) is 37.4 Å². The Hall–Kier alpha value is -4.63. The molecule has 0 fully saturated rings. The lowest BCUT2D eigenvalue weighted by atomic mass is 9.88. The van der Waals surface area contributed by atoms with Gasteiger partial charge in [0.25, 0.3) is 5.91 Å². The Morgan fingerprint density at radius 1 is 1.00 bits per heavy atom. The highest BCUT2D eigenvalue weighted by atomic mass is 32.2. The van der Waals surface area contributed by atoms with Crippen molar-refractivity contribution < 1.29 is 27.4 Å². The second kappa shape index (κ2) is 11.7. The fraction of sp³-hybridized carbons (Fsp3) is 0.250. The number of aromatic hydroxyl groups is 1. The van der Waals surface area contributed by atoms with Gasteiger partial charge < -0.3 is 15.2 Å². The number of methoxy groups -OCH3 is 1. The lowest BCUT2D eigenvalue weighted by molar-refractivity contribution is 0.0976. The van der Waals surface area contributed by atoms with Gasteiger partial charge in [0.1, 0.15) is 29.0 Å². The van der Waals surface area contributed by atoms with Crippen molar-refractivity contribution in [1.29, 1.82) is 0 Å². The fourth-order valence-corrected chi connectivity index (χ4v) is 8.85. The molecular weight excluding hydrogens is 591 g/mol. The number of phenolic OH excluding ortho intramolecular Hbond substituents is 1. The number of ether oxygens (including phenoxy) is 1. The van der Waals surface area contributed by atoms with Crippen molar-refractivity contribution in [3.05, 3.63) is 130 Å². The van der Waals surface area contributed by atoms with E-state index < -0.39 is 33.0 Å². The quantitative estimate of drug-likeness (QED) is 0.220. The maximum Gasteiger partial charge on any atom is 0.262 e. The third kappa shape index (κ3) is 5.80. The Labute approximate surface area is 262 Å². The number of halogens is 1. The van der Waals surface area contributed by atoms with Crippen molar-refractivity contribution >= 4 is 27.1 Å². The summed E-state index contributed by atoms with van der Waals surface area (Å²) >= 11 is 0. The van der Waals surface area contributed by atoms with Crippen LogP contribution in [0.25, 0.3) is 0 Å². The van der Waals surface area contributed by atoms with Gasteiger partial charge in [0.15, 0.2) is 9.84 Å². The van der Waals surface area contributed by atoms with Crippen LogP contribution >= 0.6 is 0 Å². The molecule has 1 amide bonds. The highest BCUT2D eigenvalue weighted by Gasteiger charge is 2.47. The van der Waals surface area contributed by atoms with Crippen LogP contribution in [-0.2, 0) is 22.7 Å². The number of amides is 1. The summed E-state index contributed by atoms with van der Waals surface area (Å²) in [5.74, 6) is -1.14. The highest BCUT2D eigenvalue weighted by molar-refractivity contribution is 7.95. The van der Waals surface area contributed by atoms with Gasteiger partial charge in [-0.05, 0) is 77.8 Å². The number of phenols is 1. The van der Waals surface area contributed by atoms with Gasteiger partial charge in [0, 0.05) is 5.70 Å². The molecule has 1 atom stereocenters. The topological polar surface area (TPSA) is 95.9 Å². The fourth-order valence-electron chi connectivity index (χ4n) is 6.48. The number of nitrogens with one attached hydrogen (secondary N) is 1. The maximum absolute atomic E-state index is 15.2. The molecule has 9 heteroatoms. The number of nitrogens with zero attached hydrogens (tertiary/aromatic N) is 1. The zero-order valence-corrected chi connectivity index (χ0v) is 26.2. The summed E-state index contributed by atoms with van der Waals surface area (Å²) < 4.78 is 49.5. The number of fused-ring (bicyclic) bond motifs is 1. The summed E-state index contributed by atoms with van der Waals surface area (Å²) in [4.78, 5) is 15.8. The molecule has 7 nitrogen and oxygen atoms in total. The van der Waals surface area contributed by atoms with Gasteiger partial charge in [-0.15, -0.1) is 0 Å². The lowest BCUT2D eigenvalue weighted by Gasteiger charge is -2.37. The van der Waals surface area contributed by atoms with E-state index in [-0.39, 0.29) is 33.3 Å². The number of hydrogen-bond acceptors (Lipinski definition) is 6. The lowest BCUT2D eigenvalue weighted by Crippen LogP contribution is -2.41. The number of aryl methyl sites for hydroxylation is 2. The maximum atomic E-state index is 15.2. The Morgan fingerprint density at radius 2 is 1.73 bits per heavy atom. The Balaban J connectivity index is 1.61. The molecule has 0 aliphatic carbocycles. The molecule has 232 valence electrons. The van der Waals surface area contributed by atoms with E-state index in [2.05, 4.69) is 5.32 Å². The molecule has 4 aromatic rings. The molecule has 2 aliphatic rings. The standard InChI is InChI=1S/C36H35FN2O5S/c1-36(2)21-28-34(45(42,43)22-36)33(25-18-19-31(44-3)24(20-25)17-16-23-10-5-4-6-11-23)39(29-14-9-15-30(40)32(29)38-28)35(41)26-12-7-8-13-27(26)37/h4-15,18-20,33,38,40H,16-17,21-22H2,1-3H3. The number of carbonyl (C=O) groups excluding carboxylic acids is 1. The van der Waals surface area contributed by atoms with Crippen LogP contribution in [0.1, 0.15) is 53.4 Å². The summed E-state index contributed by atoms with van der Waals surface area (Å²) in [5, 5.41) is 14.3. The predicted molar refractivity (Wildman–Crippen MR) is 174 cm³/mol. The zero-order valence-electron chi connectivity index (χ0n) is 25.4. The SMILES string of the molecule is COc1ccc(C2C3=C(CC(C)(C)CS3(=O)=O)Nc3c(O)cccc3N2C(=O)c2ccccc2F)cc1CCc1ccccc1. The molecule has 2 aliphatic heterocycles. The minimum Gasteiger partial charge on any atom is -0.506 e. The van der Waals surface area contributed by atoms with E-state index in [1.165, 1.54) is 29.2 Å². The number of benzene rings is 4. The summed E-state index contributed by atoms with van der Waals surface area (Å²) in [7, 11) is -2.39. The molecule has 1 unspecified atom stereocenters. The summed E-state index contributed by atoms with van der Waals surface area (Å²) in [6.07, 6.45) is 1.66. The first-order valence-electron chi connectivity index (χ1n) is 14.8. The summed E-state index contributed by atoms with van der Waals surface area (Å²) in [5.41, 5.74) is 2.47. The molecule has 2 N–H and O–H groups in total. The van der Waals surface area contributed by atoms with Crippen molar-refractivity contribution in [1.82, 2.24) is 0 Å². The average molecular weight is 627 g/mol. The first-order valence-corrected chi connectivity index (χ1v) is 16.5. The molecular formula is C36H35FN2O5S. The smallest absolute Gasteiger partial charge is 0.262 e. The molecule has 2 heterocycles. The van der Waals surface area contributed by atoms with Crippen LogP contribution in [0, 0.1) is 11.2 Å². The molecule has 0 spiro atoms. The van der Waals surface area contributed by atoms with E-state index in [0.717, 1.165) is 11.1 Å². The van der Waals surface area contributed by atoms with E-state index in [0.29, 0.717) is 36.3 Å². The number of hydrogen-bond donors (Lipinski definition) is 2. The molecule has 0 aromatic heterocycles. The summed E-state index contributed by atoms with van der Waals surface area (Å²) in [6, 6.07) is 24.5. The van der Waals surface area contributed by atoms with Crippen LogP contribution in [0.4, 0.5) is 15.8 Å². The number of sulfone groups is 1. The van der Waals surface area contributed by atoms with Crippen molar-refractivity contribution in [2.24, 2.45) is 5.41 Å². The molecule has 0 radical (unpaired) electrons. The van der Waals surface area contributed by atoms with Crippen molar-refractivity contribution in [2.75, 3.05) is 23.1 Å². The van der Waals surface area contributed by atoms with Crippen LogP contribution in [0.3, 0.4) is 0 Å². The Bertz CT molecular complexity index is 1920. The molecule has 0 bridgehead atoms. The van der Waals surface area contributed by atoms with Crippen LogP contribution in [0.5, 0.6) is 11.5 Å². The van der Waals surface area contributed by atoms with Gasteiger partial charge in [-0.2, -0.15) is 0 Å². The molecule has 0 saturated heterocycles. The third-order valence-corrected chi connectivity index (χ3v) is 10.7. The number of rotatable bonds is 6. The van der Waals surface area contributed by atoms with Crippen LogP contribution < -0.4 is 15.0 Å². The van der Waals surface area contributed by atoms with E-state index in [4.69, 9.17) is 4.74 Å². The predicted octanol–water partition coefficient (Wildman–Crippen LogP) is 7.20. The van der Waals surface area contributed by atoms with Gasteiger partial charge >= 0.3 is 0 Å². The van der Waals surface area contributed by atoms with Crippen molar-refractivity contribution in [2.45, 2.75) is 39.2 Å². The van der Waals surface area contributed by atoms with Gasteiger partial charge in [0.05, 0.1) is 29.0 Å². The van der Waals surface area contributed by atoms with E-state index in [9.17, 15) is 18.3 Å². The Morgan fingerprint density at radius 3 is 2.47 bits per heavy atom. The second-order valence-corrected chi connectivity index (χ2v) is 14.3. The van der Waals surface area contributed by atoms with Gasteiger partial charge in [0.2, 0.25) is 0 Å². The first kappa shape index (κ1) is 30.4. The average Bonchev–Trinajstić information content (AvgIpc) is 3.15. The van der Waals surface area contributed by atoms with Crippen molar-refractivity contribution in [3.8, 4) is 11.5 Å². The highest BCUT2D eigenvalue weighted by Crippen LogP contribution is 2.52. The van der Waals surface area contributed by atoms with E-state index in [1.807, 2.05) is 50.2 Å². The van der Waals surface area contributed by atoms with E-state index >= 15 is 4.39 Å². The first-order chi connectivity index (χ1) is 21.5. The van der Waals surface area contributed by atoms with Crippen LogP contribution in [0.2, 0.25) is 0 Å². The number of para-hydroxylation sites is 1. The summed E-state index contributed by atoms with van der Waals surface area (Å²) in [6.45, 7) is 3.75. The van der Waals surface area contributed by atoms with Crippen LogP contribution in [-0.4, -0.2) is 32.3 Å². The van der Waals surface area contributed by atoms with Crippen LogP contribution in [0.15, 0.2) is 102 Å². The Kier molecular flexibility index (Phi) is 7.91. The minimum atomic E-state index is -3.97. The number of allylic oxidation sites excluding steroid dienone is 1. The largest absolute Gasteiger partial charge is 0.506 e. The van der Waals surface area contributed by atoms with Crippen molar-refractivity contribution in [3.63, 3.8) is 0 Å². The van der Waals surface area contributed by atoms with Gasteiger partial charge in [-0.3, -0.25) is 9.69 Å². The molecule has 6 rings (SSSR count). The monoisotopic (exact) mass is 626 g/mol. The van der Waals surface area contributed by atoms with Gasteiger partial charge in [-0.25, -0.2) is 12.8 Å². The zero-order chi connectivity index (χ0) is 31.9. The number of carbonyl (C=O) groups is 1. The molecule has 45 heavy (non-hydrogen) atoms. The second-order valence-electron chi connectivity index (χ2n) is 12.4. The third-order valence-electron chi connectivity index (χ3n) is 8.40.